The molecular formula is C24H31N3O3. The van der Waals surface area contributed by atoms with Crippen molar-refractivity contribution < 1.29 is 14.7 Å². The highest BCUT2D eigenvalue weighted by atomic mass is 16.3. The fourth-order valence-corrected chi connectivity index (χ4v) is 3.89. The van der Waals surface area contributed by atoms with E-state index in [0.717, 1.165) is 54.8 Å². The molecule has 1 atom stereocenters. The van der Waals surface area contributed by atoms with Gasteiger partial charge in [-0.25, -0.2) is 0 Å². The largest absolute Gasteiger partial charge is 0.391 e. The number of aliphatic hydroxyl groups is 1. The molecular weight excluding hydrogens is 378 g/mol. The van der Waals surface area contributed by atoms with Crippen LogP contribution < -0.4 is 5.32 Å². The average Bonchev–Trinajstić information content (AvgIpc) is 2.73. The number of hydrogen-bond acceptors (Lipinski definition) is 5. The lowest BCUT2D eigenvalue weighted by Gasteiger charge is -2.35. The van der Waals surface area contributed by atoms with Gasteiger partial charge in [0.2, 0.25) is 5.91 Å². The summed E-state index contributed by atoms with van der Waals surface area (Å²) in [6, 6.07) is 13.3. The van der Waals surface area contributed by atoms with E-state index in [0.29, 0.717) is 25.1 Å². The van der Waals surface area contributed by atoms with Gasteiger partial charge in [-0.15, -0.1) is 0 Å². The summed E-state index contributed by atoms with van der Waals surface area (Å²) in [4.78, 5) is 27.6. The van der Waals surface area contributed by atoms with Crippen molar-refractivity contribution in [3.05, 3.63) is 64.7 Å². The number of para-hydroxylation sites is 1. The van der Waals surface area contributed by atoms with E-state index in [-0.39, 0.29) is 5.91 Å². The second-order valence-corrected chi connectivity index (χ2v) is 8.11. The molecule has 1 saturated heterocycles. The minimum absolute atomic E-state index is 0.0136. The molecule has 0 radical (unpaired) electrons. The highest BCUT2D eigenvalue weighted by molar-refractivity contribution is 5.93. The van der Waals surface area contributed by atoms with E-state index in [9.17, 15) is 14.7 Å². The van der Waals surface area contributed by atoms with Crippen LogP contribution in [0.25, 0.3) is 0 Å². The third-order valence-corrected chi connectivity index (χ3v) is 5.63. The number of carbonyl (C=O) groups is 2. The van der Waals surface area contributed by atoms with E-state index in [1.807, 2.05) is 44.2 Å². The first-order chi connectivity index (χ1) is 14.4. The maximum Gasteiger partial charge on any atom is 0.238 e. The summed E-state index contributed by atoms with van der Waals surface area (Å²) in [6.07, 6.45) is 0.936. The van der Waals surface area contributed by atoms with Crippen LogP contribution in [0.5, 0.6) is 0 Å². The van der Waals surface area contributed by atoms with Crippen LogP contribution in [0, 0.1) is 13.8 Å². The molecule has 1 aliphatic rings. The van der Waals surface area contributed by atoms with Gasteiger partial charge in [-0.1, -0.05) is 42.5 Å². The standard InChI is InChI=1S/C24H31N3O3/c1-18-4-3-5-19(2)24(18)25-23(30)16-27-12-10-26(11-13-27)15-22(29)14-20-6-8-21(17-28)9-7-20/h3-9,17,22,29H,10-16H2,1-2H3,(H,25,30). The molecule has 6 nitrogen and oxygen atoms in total. The van der Waals surface area contributed by atoms with Crippen LogP contribution in [0.3, 0.4) is 0 Å². The van der Waals surface area contributed by atoms with E-state index >= 15 is 0 Å². The Hall–Kier alpha value is -2.54. The van der Waals surface area contributed by atoms with Gasteiger partial charge in [-0.3, -0.25) is 19.4 Å². The molecule has 6 heteroatoms. The number of hydrogen-bond donors (Lipinski definition) is 2. The van der Waals surface area contributed by atoms with E-state index in [1.54, 1.807) is 12.1 Å². The van der Waals surface area contributed by atoms with Gasteiger partial charge in [-0.05, 0) is 37.0 Å². The van der Waals surface area contributed by atoms with E-state index < -0.39 is 6.10 Å². The Labute approximate surface area is 178 Å². The predicted octanol–water partition coefficient (Wildman–Crippen LogP) is 2.28. The third kappa shape index (κ3) is 6.23. The monoisotopic (exact) mass is 409 g/mol. The second-order valence-electron chi connectivity index (χ2n) is 8.11. The minimum atomic E-state index is -0.453. The second kappa shape index (κ2) is 10.5. The molecule has 0 spiro atoms. The van der Waals surface area contributed by atoms with Gasteiger partial charge in [0.05, 0.1) is 12.6 Å². The Morgan fingerprint density at radius 1 is 1.03 bits per heavy atom. The lowest BCUT2D eigenvalue weighted by molar-refractivity contribution is -0.117. The number of piperazine rings is 1. The maximum atomic E-state index is 12.5. The minimum Gasteiger partial charge on any atom is -0.391 e. The van der Waals surface area contributed by atoms with Crippen LogP contribution in [0.15, 0.2) is 42.5 Å². The van der Waals surface area contributed by atoms with Crippen LogP contribution in [0.4, 0.5) is 5.69 Å². The number of amides is 1. The zero-order chi connectivity index (χ0) is 21.5. The number of aryl methyl sites for hydroxylation is 2. The zero-order valence-corrected chi connectivity index (χ0v) is 17.8. The fraction of sp³-hybridized carbons (Fsp3) is 0.417. The number of nitrogens with one attached hydrogen (secondary N) is 1. The SMILES string of the molecule is Cc1cccc(C)c1NC(=O)CN1CCN(CC(O)Cc2ccc(C=O)cc2)CC1. The predicted molar refractivity (Wildman–Crippen MR) is 119 cm³/mol. The smallest absolute Gasteiger partial charge is 0.238 e. The highest BCUT2D eigenvalue weighted by Gasteiger charge is 2.21. The summed E-state index contributed by atoms with van der Waals surface area (Å²) in [5.41, 5.74) is 4.72. The number of aliphatic hydroxyl groups excluding tert-OH is 1. The highest BCUT2D eigenvalue weighted by Crippen LogP contribution is 2.19. The van der Waals surface area contributed by atoms with Crippen LogP contribution in [-0.4, -0.2) is 72.5 Å². The summed E-state index contributed by atoms with van der Waals surface area (Å²) in [6.45, 7) is 8.27. The molecule has 1 unspecified atom stereocenters. The molecule has 1 amide bonds. The number of carbonyl (C=O) groups excluding carboxylic acids is 2. The molecule has 0 aliphatic carbocycles. The Morgan fingerprint density at radius 3 is 2.23 bits per heavy atom. The lowest BCUT2D eigenvalue weighted by Crippen LogP contribution is -2.50. The van der Waals surface area contributed by atoms with Gasteiger partial charge in [0, 0.05) is 44.0 Å². The number of β-amino-alcohol motifs (C(OH)–C–C–N with tert-alkyl or cyclic N) is 1. The van der Waals surface area contributed by atoms with Gasteiger partial charge < -0.3 is 10.4 Å². The Balaban J connectivity index is 1.40. The van der Waals surface area contributed by atoms with E-state index in [2.05, 4.69) is 15.1 Å². The maximum absolute atomic E-state index is 12.5. The molecule has 30 heavy (non-hydrogen) atoms. The van der Waals surface area contributed by atoms with Gasteiger partial charge in [-0.2, -0.15) is 0 Å². The van der Waals surface area contributed by atoms with Crippen molar-refractivity contribution >= 4 is 17.9 Å². The van der Waals surface area contributed by atoms with Crippen molar-refractivity contribution in [2.45, 2.75) is 26.4 Å². The van der Waals surface area contributed by atoms with Crippen LogP contribution >= 0.6 is 0 Å². The Morgan fingerprint density at radius 2 is 1.63 bits per heavy atom. The number of aldehydes is 1. The van der Waals surface area contributed by atoms with Crippen molar-refractivity contribution in [2.75, 3.05) is 44.6 Å². The van der Waals surface area contributed by atoms with Crippen molar-refractivity contribution in [1.29, 1.82) is 0 Å². The molecule has 2 aromatic rings. The summed E-state index contributed by atoms with van der Waals surface area (Å²) in [5.74, 6) is 0.0136. The first-order valence-corrected chi connectivity index (χ1v) is 10.5. The summed E-state index contributed by atoms with van der Waals surface area (Å²) in [7, 11) is 0. The molecule has 0 saturated carbocycles. The van der Waals surface area contributed by atoms with Crippen LogP contribution in [0.2, 0.25) is 0 Å². The molecule has 0 bridgehead atoms. The summed E-state index contributed by atoms with van der Waals surface area (Å²) >= 11 is 0. The molecule has 160 valence electrons. The molecule has 1 fully saturated rings. The van der Waals surface area contributed by atoms with Crippen molar-refractivity contribution in [1.82, 2.24) is 9.80 Å². The molecule has 1 heterocycles. The van der Waals surface area contributed by atoms with Gasteiger partial charge in [0.15, 0.2) is 0 Å². The van der Waals surface area contributed by atoms with Gasteiger partial charge >= 0.3 is 0 Å². The van der Waals surface area contributed by atoms with Crippen LogP contribution in [-0.2, 0) is 11.2 Å². The van der Waals surface area contributed by atoms with Crippen molar-refractivity contribution in [3.63, 3.8) is 0 Å². The normalized spacial score (nSPS) is 16.2. The third-order valence-electron chi connectivity index (χ3n) is 5.63. The molecule has 2 aromatic carbocycles. The van der Waals surface area contributed by atoms with E-state index in [4.69, 9.17) is 0 Å². The van der Waals surface area contributed by atoms with Crippen molar-refractivity contribution in [3.8, 4) is 0 Å². The number of anilines is 1. The summed E-state index contributed by atoms with van der Waals surface area (Å²) in [5, 5.41) is 13.5. The number of benzene rings is 2. The topological polar surface area (TPSA) is 72.9 Å². The molecule has 0 aromatic heterocycles. The van der Waals surface area contributed by atoms with Gasteiger partial charge in [0.1, 0.15) is 6.29 Å². The van der Waals surface area contributed by atoms with E-state index in [1.165, 1.54) is 0 Å². The molecule has 2 N–H and O–H groups in total. The summed E-state index contributed by atoms with van der Waals surface area (Å²) < 4.78 is 0. The lowest BCUT2D eigenvalue weighted by atomic mass is 10.1. The number of nitrogens with zero attached hydrogens (tertiary/aromatic N) is 2. The Bertz CT molecular complexity index is 838. The first-order valence-electron chi connectivity index (χ1n) is 10.5. The first kappa shape index (κ1) is 22.2. The molecule has 3 rings (SSSR count). The number of rotatable bonds is 8. The quantitative estimate of drug-likeness (QED) is 0.655. The molecule has 1 aliphatic heterocycles. The zero-order valence-electron chi connectivity index (χ0n) is 17.8. The Kier molecular flexibility index (Phi) is 7.74. The van der Waals surface area contributed by atoms with Crippen LogP contribution in [0.1, 0.15) is 27.0 Å². The van der Waals surface area contributed by atoms with Crippen molar-refractivity contribution in [2.24, 2.45) is 0 Å². The van der Waals surface area contributed by atoms with Gasteiger partial charge in [0.25, 0.3) is 0 Å². The average molecular weight is 410 g/mol. The fourth-order valence-electron chi connectivity index (χ4n) is 3.89.